The van der Waals surface area contributed by atoms with Crippen molar-refractivity contribution >= 4 is 17.3 Å². The summed E-state index contributed by atoms with van der Waals surface area (Å²) < 4.78 is 0. The number of anilines is 1. The molecule has 17 heavy (non-hydrogen) atoms. The van der Waals surface area contributed by atoms with Crippen LogP contribution in [0.4, 0.5) is 5.69 Å². The Morgan fingerprint density at radius 2 is 2.24 bits per heavy atom. The van der Waals surface area contributed by atoms with Crippen LogP contribution >= 0.6 is 11.6 Å². The third-order valence-corrected chi connectivity index (χ3v) is 3.81. The van der Waals surface area contributed by atoms with E-state index in [1.54, 1.807) is 6.07 Å². The van der Waals surface area contributed by atoms with Crippen molar-refractivity contribution < 1.29 is 5.11 Å². The molecule has 1 aromatic carbocycles. The minimum Gasteiger partial charge on any atom is -0.391 e. The van der Waals surface area contributed by atoms with E-state index in [0.717, 1.165) is 30.5 Å². The van der Waals surface area contributed by atoms with Crippen molar-refractivity contribution in [2.45, 2.75) is 38.3 Å². The molecule has 0 aliphatic heterocycles. The fourth-order valence-electron chi connectivity index (χ4n) is 2.24. The second kappa shape index (κ2) is 4.95. The zero-order chi connectivity index (χ0) is 12.4. The number of hydrogen-bond acceptors (Lipinski definition) is 3. The lowest BCUT2D eigenvalue weighted by molar-refractivity contribution is 0.172. The predicted molar refractivity (Wildman–Crippen MR) is 68.2 cm³/mol. The van der Waals surface area contributed by atoms with Crippen molar-refractivity contribution in [3.63, 3.8) is 0 Å². The summed E-state index contributed by atoms with van der Waals surface area (Å²) in [5, 5.41) is 22.4. The molecule has 1 aliphatic carbocycles. The van der Waals surface area contributed by atoms with E-state index in [9.17, 15) is 5.11 Å². The van der Waals surface area contributed by atoms with Crippen LogP contribution in [-0.2, 0) is 0 Å². The van der Waals surface area contributed by atoms with Crippen molar-refractivity contribution in [2.75, 3.05) is 5.32 Å². The molecule has 2 N–H and O–H groups in total. The maximum atomic E-state index is 9.76. The number of nitriles is 1. The standard InChI is InChI=1S/C13H15ClN2O/c1-8-10(6-5-9(7-15)13(8)14)16-11-3-2-4-12(11)17/h5-6,11-12,16-17H,2-4H2,1H3. The summed E-state index contributed by atoms with van der Waals surface area (Å²) in [5.41, 5.74) is 2.26. The number of hydrogen-bond donors (Lipinski definition) is 2. The van der Waals surface area contributed by atoms with Gasteiger partial charge in [0.2, 0.25) is 0 Å². The Bertz CT molecular complexity index is 467. The third kappa shape index (κ3) is 2.38. The second-order valence-corrected chi connectivity index (χ2v) is 4.84. The van der Waals surface area contributed by atoms with Crippen LogP contribution < -0.4 is 5.32 Å². The van der Waals surface area contributed by atoms with E-state index in [-0.39, 0.29) is 12.1 Å². The van der Waals surface area contributed by atoms with E-state index in [1.165, 1.54) is 0 Å². The smallest absolute Gasteiger partial charge is 0.101 e. The fraction of sp³-hybridized carbons (Fsp3) is 0.462. The Kier molecular flexibility index (Phi) is 3.56. The largest absolute Gasteiger partial charge is 0.391 e. The van der Waals surface area contributed by atoms with Crippen molar-refractivity contribution in [2.24, 2.45) is 0 Å². The molecule has 0 spiro atoms. The molecule has 2 unspecified atom stereocenters. The van der Waals surface area contributed by atoms with Gasteiger partial charge in [-0.25, -0.2) is 0 Å². The normalized spacial score (nSPS) is 23.4. The van der Waals surface area contributed by atoms with E-state index in [2.05, 4.69) is 11.4 Å². The third-order valence-electron chi connectivity index (χ3n) is 3.33. The molecule has 2 atom stereocenters. The quantitative estimate of drug-likeness (QED) is 0.849. The Morgan fingerprint density at radius 3 is 2.82 bits per heavy atom. The first-order valence-corrected chi connectivity index (χ1v) is 6.15. The highest BCUT2D eigenvalue weighted by Gasteiger charge is 2.25. The highest BCUT2D eigenvalue weighted by Crippen LogP contribution is 2.30. The average Bonchev–Trinajstić information content (AvgIpc) is 2.71. The van der Waals surface area contributed by atoms with Gasteiger partial charge in [0.1, 0.15) is 6.07 Å². The van der Waals surface area contributed by atoms with E-state index >= 15 is 0 Å². The minimum absolute atomic E-state index is 0.0951. The van der Waals surface area contributed by atoms with Gasteiger partial charge >= 0.3 is 0 Å². The highest BCUT2D eigenvalue weighted by atomic mass is 35.5. The average molecular weight is 251 g/mol. The van der Waals surface area contributed by atoms with Crippen molar-refractivity contribution in [1.29, 1.82) is 5.26 Å². The van der Waals surface area contributed by atoms with Crippen LogP contribution in [0, 0.1) is 18.3 Å². The van der Waals surface area contributed by atoms with Gasteiger partial charge in [-0.3, -0.25) is 0 Å². The van der Waals surface area contributed by atoms with Gasteiger partial charge in [0.25, 0.3) is 0 Å². The lowest BCUT2D eigenvalue weighted by Gasteiger charge is -2.20. The Hall–Kier alpha value is -1.24. The molecule has 90 valence electrons. The zero-order valence-corrected chi connectivity index (χ0v) is 10.5. The van der Waals surface area contributed by atoms with E-state index in [1.807, 2.05) is 13.0 Å². The molecule has 1 saturated carbocycles. The van der Waals surface area contributed by atoms with Crippen molar-refractivity contribution in [3.05, 3.63) is 28.3 Å². The number of aliphatic hydroxyl groups excluding tert-OH is 1. The van der Waals surface area contributed by atoms with Gasteiger partial charge in [-0.15, -0.1) is 0 Å². The van der Waals surface area contributed by atoms with Crippen molar-refractivity contribution in [3.8, 4) is 6.07 Å². The molecule has 0 heterocycles. The number of rotatable bonds is 2. The van der Waals surface area contributed by atoms with Crippen LogP contribution in [0.15, 0.2) is 12.1 Å². The van der Waals surface area contributed by atoms with Crippen LogP contribution in [0.3, 0.4) is 0 Å². The van der Waals surface area contributed by atoms with Gasteiger partial charge < -0.3 is 10.4 Å². The Labute approximate surface area is 106 Å². The van der Waals surface area contributed by atoms with Crippen LogP contribution in [0.2, 0.25) is 5.02 Å². The number of aliphatic hydroxyl groups is 1. The Morgan fingerprint density at radius 1 is 1.47 bits per heavy atom. The fourth-order valence-corrected chi connectivity index (χ4v) is 2.44. The van der Waals surface area contributed by atoms with Gasteiger partial charge in [0.15, 0.2) is 0 Å². The summed E-state index contributed by atoms with van der Waals surface area (Å²) in [6.45, 7) is 1.88. The number of nitrogens with zero attached hydrogens (tertiary/aromatic N) is 1. The van der Waals surface area contributed by atoms with Gasteiger partial charge in [-0.2, -0.15) is 5.26 Å². The van der Waals surface area contributed by atoms with Gasteiger partial charge in [0.05, 0.1) is 22.7 Å². The monoisotopic (exact) mass is 250 g/mol. The molecule has 0 amide bonds. The summed E-state index contributed by atoms with van der Waals surface area (Å²) in [7, 11) is 0. The summed E-state index contributed by atoms with van der Waals surface area (Å²) in [6, 6.07) is 5.71. The number of halogens is 1. The number of nitrogens with one attached hydrogen (secondary N) is 1. The maximum absolute atomic E-state index is 9.76. The minimum atomic E-state index is -0.288. The van der Waals surface area contributed by atoms with Crippen molar-refractivity contribution in [1.82, 2.24) is 0 Å². The van der Waals surface area contributed by atoms with Gasteiger partial charge in [0, 0.05) is 5.69 Å². The van der Waals surface area contributed by atoms with Crippen LogP contribution in [0.5, 0.6) is 0 Å². The SMILES string of the molecule is Cc1c(NC2CCCC2O)ccc(C#N)c1Cl. The first-order valence-electron chi connectivity index (χ1n) is 5.77. The molecule has 1 fully saturated rings. The first-order chi connectivity index (χ1) is 8.13. The van der Waals surface area contributed by atoms with E-state index in [4.69, 9.17) is 16.9 Å². The molecule has 0 saturated heterocycles. The molecule has 0 radical (unpaired) electrons. The van der Waals surface area contributed by atoms with Gasteiger partial charge in [-0.1, -0.05) is 11.6 Å². The molecule has 1 aromatic rings. The lowest BCUT2D eigenvalue weighted by atomic mass is 10.1. The Balaban J connectivity index is 2.22. The van der Waals surface area contributed by atoms with Crippen LogP contribution in [0.1, 0.15) is 30.4 Å². The van der Waals surface area contributed by atoms with E-state index < -0.39 is 0 Å². The molecule has 1 aliphatic rings. The molecule has 0 bridgehead atoms. The molecule has 2 rings (SSSR count). The zero-order valence-electron chi connectivity index (χ0n) is 9.70. The van der Waals surface area contributed by atoms with E-state index in [0.29, 0.717) is 10.6 Å². The predicted octanol–water partition coefficient (Wildman–Crippen LogP) is 2.85. The summed E-state index contributed by atoms with van der Waals surface area (Å²) in [5.74, 6) is 0. The summed E-state index contributed by atoms with van der Waals surface area (Å²) in [6.07, 6.45) is 2.57. The second-order valence-electron chi connectivity index (χ2n) is 4.46. The molecular weight excluding hydrogens is 236 g/mol. The summed E-state index contributed by atoms with van der Waals surface area (Å²) in [4.78, 5) is 0. The molecule has 3 nitrogen and oxygen atoms in total. The molecule has 4 heteroatoms. The summed E-state index contributed by atoms with van der Waals surface area (Å²) >= 11 is 6.10. The van der Waals surface area contributed by atoms with Crippen LogP contribution in [-0.4, -0.2) is 17.3 Å². The molecule has 0 aromatic heterocycles. The first kappa shape index (κ1) is 12.2. The lowest BCUT2D eigenvalue weighted by Crippen LogP contribution is -2.28. The highest BCUT2D eigenvalue weighted by molar-refractivity contribution is 6.32. The van der Waals surface area contributed by atoms with Gasteiger partial charge in [-0.05, 0) is 43.9 Å². The number of benzene rings is 1. The van der Waals surface area contributed by atoms with Crippen LogP contribution in [0.25, 0.3) is 0 Å². The topological polar surface area (TPSA) is 56.0 Å². The maximum Gasteiger partial charge on any atom is 0.101 e. The molecular formula is C13H15ClN2O.